The fraction of sp³-hybridized carbons (Fsp3) is 0.333. The van der Waals surface area contributed by atoms with E-state index < -0.39 is 0 Å². The molecule has 0 aromatic heterocycles. The Morgan fingerprint density at radius 3 is 1.84 bits per heavy atom. The zero-order valence-electron chi connectivity index (χ0n) is 11.3. The average molecular weight is 251 g/mol. The molecule has 98 valence electrons. The van der Waals surface area contributed by atoms with Crippen LogP contribution in [0.3, 0.4) is 0 Å². The summed E-state index contributed by atoms with van der Waals surface area (Å²) in [6.45, 7) is 0.807. The molecule has 0 bridgehead atoms. The molecule has 2 aromatic rings. The van der Waals surface area contributed by atoms with E-state index in [1.807, 2.05) is 0 Å². The third kappa shape index (κ3) is 2.19. The number of nitrogens with two attached hydrogens (primary N) is 1. The Morgan fingerprint density at radius 2 is 1.42 bits per heavy atom. The first-order valence-electron chi connectivity index (χ1n) is 7.16. The van der Waals surface area contributed by atoms with Crippen LogP contribution in [0.2, 0.25) is 0 Å². The van der Waals surface area contributed by atoms with Crippen LogP contribution in [-0.2, 0) is 5.41 Å². The van der Waals surface area contributed by atoms with Gasteiger partial charge in [0.15, 0.2) is 0 Å². The number of hydrogen-bond acceptors (Lipinski definition) is 1. The summed E-state index contributed by atoms with van der Waals surface area (Å²) in [6.07, 6.45) is 3.63. The van der Waals surface area contributed by atoms with Crippen molar-refractivity contribution in [3.8, 4) is 0 Å². The van der Waals surface area contributed by atoms with Crippen LogP contribution in [0, 0.1) is 5.92 Å². The number of hydrogen-bond donors (Lipinski definition) is 1. The molecule has 0 aliphatic heterocycles. The van der Waals surface area contributed by atoms with Crippen LogP contribution in [-0.4, -0.2) is 6.54 Å². The molecule has 1 fully saturated rings. The zero-order chi connectivity index (χ0) is 13.1. The van der Waals surface area contributed by atoms with E-state index in [0.29, 0.717) is 5.92 Å². The van der Waals surface area contributed by atoms with Gasteiger partial charge in [0, 0.05) is 5.41 Å². The summed E-state index contributed by atoms with van der Waals surface area (Å²) in [7, 11) is 0. The maximum atomic E-state index is 5.91. The van der Waals surface area contributed by atoms with Crippen LogP contribution < -0.4 is 5.73 Å². The van der Waals surface area contributed by atoms with Gasteiger partial charge in [-0.1, -0.05) is 60.7 Å². The van der Waals surface area contributed by atoms with Gasteiger partial charge in [-0.2, -0.15) is 0 Å². The van der Waals surface area contributed by atoms with E-state index in [1.165, 1.54) is 30.4 Å². The van der Waals surface area contributed by atoms with Crippen molar-refractivity contribution in [2.45, 2.75) is 24.7 Å². The van der Waals surface area contributed by atoms with Gasteiger partial charge in [-0.05, 0) is 42.9 Å². The summed E-state index contributed by atoms with van der Waals surface area (Å²) in [6, 6.07) is 21.9. The van der Waals surface area contributed by atoms with Gasteiger partial charge in [0.1, 0.15) is 0 Å². The molecule has 0 radical (unpaired) electrons. The van der Waals surface area contributed by atoms with Gasteiger partial charge in [0.2, 0.25) is 0 Å². The second-order valence-electron chi connectivity index (χ2n) is 5.66. The summed E-state index contributed by atoms with van der Waals surface area (Å²) in [5.41, 5.74) is 8.97. The maximum Gasteiger partial charge on any atom is 0.0206 e. The molecule has 1 aliphatic rings. The van der Waals surface area contributed by atoms with E-state index in [-0.39, 0.29) is 5.41 Å². The van der Waals surface area contributed by atoms with Gasteiger partial charge in [0.05, 0.1) is 0 Å². The molecular formula is C18H21N. The van der Waals surface area contributed by atoms with Crippen molar-refractivity contribution in [3.05, 3.63) is 71.8 Å². The molecule has 0 heterocycles. The van der Waals surface area contributed by atoms with Gasteiger partial charge < -0.3 is 5.73 Å². The standard InChI is InChI=1S/C18H21N/c19-14-15-11-12-18(13-15,16-7-3-1-4-8-16)17-9-5-2-6-10-17/h1-10,15H,11-14,19H2. The highest BCUT2D eigenvalue weighted by atomic mass is 14.6. The van der Waals surface area contributed by atoms with E-state index in [1.54, 1.807) is 0 Å². The lowest BCUT2D eigenvalue weighted by Gasteiger charge is -2.31. The molecular weight excluding hydrogens is 230 g/mol. The van der Waals surface area contributed by atoms with Crippen LogP contribution in [0.5, 0.6) is 0 Å². The van der Waals surface area contributed by atoms with E-state index >= 15 is 0 Å². The van der Waals surface area contributed by atoms with E-state index in [2.05, 4.69) is 60.7 Å². The third-order valence-electron chi connectivity index (χ3n) is 4.60. The van der Waals surface area contributed by atoms with Crippen molar-refractivity contribution in [2.24, 2.45) is 11.7 Å². The molecule has 19 heavy (non-hydrogen) atoms. The lowest BCUT2D eigenvalue weighted by atomic mass is 9.72. The Balaban J connectivity index is 2.07. The van der Waals surface area contributed by atoms with Gasteiger partial charge in [-0.3, -0.25) is 0 Å². The average Bonchev–Trinajstić information content (AvgIpc) is 2.95. The first-order valence-corrected chi connectivity index (χ1v) is 7.16. The van der Waals surface area contributed by atoms with Crippen molar-refractivity contribution in [1.82, 2.24) is 0 Å². The SMILES string of the molecule is NCC1CCC(c2ccccc2)(c2ccccc2)C1. The van der Waals surface area contributed by atoms with E-state index in [4.69, 9.17) is 5.73 Å². The second kappa shape index (κ2) is 5.18. The first kappa shape index (κ1) is 12.4. The molecule has 0 spiro atoms. The lowest BCUT2D eigenvalue weighted by Crippen LogP contribution is -2.25. The van der Waals surface area contributed by atoms with Gasteiger partial charge in [-0.15, -0.1) is 0 Å². The van der Waals surface area contributed by atoms with Crippen molar-refractivity contribution < 1.29 is 0 Å². The normalized spacial score (nSPS) is 21.4. The quantitative estimate of drug-likeness (QED) is 0.883. The van der Waals surface area contributed by atoms with Gasteiger partial charge in [-0.25, -0.2) is 0 Å². The Kier molecular flexibility index (Phi) is 3.39. The smallest absolute Gasteiger partial charge is 0.0206 e. The summed E-state index contributed by atoms with van der Waals surface area (Å²) in [5, 5.41) is 0. The number of benzene rings is 2. The minimum absolute atomic E-state index is 0.173. The predicted octanol–water partition coefficient (Wildman–Crippen LogP) is 3.73. The van der Waals surface area contributed by atoms with Crippen molar-refractivity contribution in [3.63, 3.8) is 0 Å². The summed E-state index contributed by atoms with van der Waals surface area (Å²) in [5.74, 6) is 0.653. The Hall–Kier alpha value is -1.60. The van der Waals surface area contributed by atoms with Crippen molar-refractivity contribution in [1.29, 1.82) is 0 Å². The minimum Gasteiger partial charge on any atom is -0.330 e. The molecule has 1 atom stereocenters. The Morgan fingerprint density at radius 1 is 0.895 bits per heavy atom. The molecule has 1 nitrogen and oxygen atoms in total. The number of rotatable bonds is 3. The molecule has 3 rings (SSSR count). The molecule has 0 saturated heterocycles. The molecule has 1 unspecified atom stereocenters. The van der Waals surface area contributed by atoms with Crippen LogP contribution in [0.15, 0.2) is 60.7 Å². The van der Waals surface area contributed by atoms with Crippen LogP contribution in [0.1, 0.15) is 30.4 Å². The molecule has 1 aliphatic carbocycles. The lowest BCUT2D eigenvalue weighted by molar-refractivity contribution is 0.487. The predicted molar refractivity (Wildman–Crippen MR) is 80.1 cm³/mol. The summed E-state index contributed by atoms with van der Waals surface area (Å²) < 4.78 is 0. The first-order chi connectivity index (χ1) is 9.35. The highest BCUT2D eigenvalue weighted by molar-refractivity contribution is 5.40. The van der Waals surface area contributed by atoms with Gasteiger partial charge >= 0.3 is 0 Å². The van der Waals surface area contributed by atoms with E-state index in [9.17, 15) is 0 Å². The van der Waals surface area contributed by atoms with E-state index in [0.717, 1.165) is 6.54 Å². The van der Waals surface area contributed by atoms with Crippen LogP contribution in [0.4, 0.5) is 0 Å². The topological polar surface area (TPSA) is 26.0 Å². The highest BCUT2D eigenvalue weighted by Gasteiger charge is 2.41. The third-order valence-corrected chi connectivity index (χ3v) is 4.60. The second-order valence-corrected chi connectivity index (χ2v) is 5.66. The highest BCUT2D eigenvalue weighted by Crippen LogP contribution is 2.48. The largest absolute Gasteiger partial charge is 0.330 e. The fourth-order valence-corrected chi connectivity index (χ4v) is 3.55. The molecule has 2 aromatic carbocycles. The zero-order valence-corrected chi connectivity index (χ0v) is 11.3. The minimum atomic E-state index is 0.173. The van der Waals surface area contributed by atoms with Crippen molar-refractivity contribution in [2.75, 3.05) is 6.54 Å². The molecule has 2 N–H and O–H groups in total. The monoisotopic (exact) mass is 251 g/mol. The summed E-state index contributed by atoms with van der Waals surface area (Å²) >= 11 is 0. The van der Waals surface area contributed by atoms with Crippen molar-refractivity contribution >= 4 is 0 Å². The fourth-order valence-electron chi connectivity index (χ4n) is 3.55. The summed E-state index contributed by atoms with van der Waals surface area (Å²) in [4.78, 5) is 0. The van der Waals surface area contributed by atoms with Gasteiger partial charge in [0.25, 0.3) is 0 Å². The van der Waals surface area contributed by atoms with Crippen LogP contribution in [0.25, 0.3) is 0 Å². The molecule has 0 amide bonds. The molecule has 1 heteroatoms. The van der Waals surface area contributed by atoms with Crippen LogP contribution >= 0.6 is 0 Å². The maximum absolute atomic E-state index is 5.91. The Labute approximate surface area is 115 Å². The Bertz CT molecular complexity index is 478. The molecule has 1 saturated carbocycles.